The zero-order valence-electron chi connectivity index (χ0n) is 9.74. The van der Waals surface area contributed by atoms with Gasteiger partial charge in [0.1, 0.15) is 0 Å². The van der Waals surface area contributed by atoms with E-state index in [2.05, 4.69) is 6.58 Å². The molecule has 0 aromatic heterocycles. The van der Waals surface area contributed by atoms with Gasteiger partial charge in [0.05, 0.1) is 0 Å². The molecule has 2 unspecified atom stereocenters. The summed E-state index contributed by atoms with van der Waals surface area (Å²) in [6.07, 6.45) is 5.96. The van der Waals surface area contributed by atoms with Crippen LogP contribution >= 0.6 is 23.2 Å². The largest absolute Gasteiger partial charge is 0.311 e. The maximum Gasteiger partial charge on any atom is 0.260 e. The molecule has 17 heavy (non-hydrogen) atoms. The van der Waals surface area contributed by atoms with Crippen LogP contribution in [0.3, 0.4) is 0 Å². The molecule has 0 aromatic rings. The van der Waals surface area contributed by atoms with E-state index < -0.39 is 4.84 Å². The van der Waals surface area contributed by atoms with Crippen LogP contribution in [0.2, 0.25) is 0 Å². The highest BCUT2D eigenvalue weighted by molar-refractivity contribution is 6.53. The first-order chi connectivity index (χ1) is 8.06. The first-order valence-corrected chi connectivity index (χ1v) is 7.23. The van der Waals surface area contributed by atoms with Crippen molar-refractivity contribution < 1.29 is 4.79 Å². The molecule has 2 aliphatic carbocycles. The van der Waals surface area contributed by atoms with Crippen molar-refractivity contribution in [2.24, 2.45) is 17.8 Å². The third-order valence-corrected chi connectivity index (χ3v) is 5.06. The normalized spacial score (nSPS) is 39.9. The van der Waals surface area contributed by atoms with Crippen molar-refractivity contribution in [3.8, 4) is 0 Å². The van der Waals surface area contributed by atoms with Gasteiger partial charge < -0.3 is 4.90 Å². The Kier molecular flexibility index (Phi) is 2.91. The van der Waals surface area contributed by atoms with E-state index in [1.165, 1.54) is 19.3 Å². The number of alkyl halides is 2. The molecular formula is C13H17Cl2NO. The molecule has 0 N–H and O–H groups in total. The fraction of sp³-hybridized carbons (Fsp3) is 0.769. The fourth-order valence-electron chi connectivity index (χ4n) is 4.16. The lowest BCUT2D eigenvalue weighted by Gasteiger charge is -2.38. The second-order valence-corrected chi connectivity index (χ2v) is 6.86. The lowest BCUT2D eigenvalue weighted by Crippen LogP contribution is -2.43. The second-order valence-electron chi connectivity index (χ2n) is 5.76. The molecule has 2 aliphatic heterocycles. The zero-order valence-corrected chi connectivity index (χ0v) is 11.3. The van der Waals surface area contributed by atoms with Crippen LogP contribution < -0.4 is 0 Å². The van der Waals surface area contributed by atoms with Crippen LogP contribution in [-0.2, 0) is 4.79 Å². The van der Waals surface area contributed by atoms with Crippen LogP contribution in [0, 0.1) is 17.8 Å². The highest BCUT2D eigenvalue weighted by atomic mass is 35.5. The summed E-state index contributed by atoms with van der Waals surface area (Å²) in [6.45, 7) is 4.14. The molecule has 4 heteroatoms. The average molecular weight is 274 g/mol. The SMILES string of the molecule is C=C1C2CC3CC(C2)CC(C3)N1C(=O)C(Cl)Cl. The summed E-state index contributed by atoms with van der Waals surface area (Å²) in [7, 11) is 0. The molecule has 2 saturated carbocycles. The van der Waals surface area contributed by atoms with E-state index in [1.807, 2.05) is 4.90 Å². The Labute approximate surface area is 112 Å². The number of hydrogen-bond acceptors (Lipinski definition) is 1. The standard InChI is InChI=1S/C13H17Cl2NO/c1-7-10-3-8-2-9(4-10)6-11(5-8)16(7)13(17)12(14)15/h8-12H,1-6H2. The summed E-state index contributed by atoms with van der Waals surface area (Å²) in [5, 5.41) is 0. The van der Waals surface area contributed by atoms with Crippen LogP contribution in [-0.4, -0.2) is 21.7 Å². The Balaban J connectivity index is 1.94. The molecule has 4 bridgehead atoms. The smallest absolute Gasteiger partial charge is 0.260 e. The molecular weight excluding hydrogens is 257 g/mol. The summed E-state index contributed by atoms with van der Waals surface area (Å²) < 4.78 is 0. The zero-order chi connectivity index (χ0) is 12.2. The van der Waals surface area contributed by atoms with Crippen molar-refractivity contribution in [3.63, 3.8) is 0 Å². The molecule has 2 nitrogen and oxygen atoms in total. The molecule has 2 atom stereocenters. The van der Waals surface area contributed by atoms with E-state index in [1.54, 1.807) is 0 Å². The quantitative estimate of drug-likeness (QED) is 0.671. The maximum absolute atomic E-state index is 12.1. The van der Waals surface area contributed by atoms with Gasteiger partial charge in [-0.3, -0.25) is 4.79 Å². The first-order valence-electron chi connectivity index (χ1n) is 6.36. The lowest BCUT2D eigenvalue weighted by molar-refractivity contribution is -0.130. The highest BCUT2D eigenvalue weighted by Gasteiger charge is 2.46. The van der Waals surface area contributed by atoms with Gasteiger partial charge in [0, 0.05) is 11.7 Å². The van der Waals surface area contributed by atoms with Gasteiger partial charge in [0.15, 0.2) is 4.84 Å². The third kappa shape index (κ3) is 1.90. The second kappa shape index (κ2) is 4.17. The van der Waals surface area contributed by atoms with Crippen LogP contribution in [0.15, 0.2) is 12.3 Å². The number of carbonyl (C=O) groups is 1. The van der Waals surface area contributed by atoms with Gasteiger partial charge in [0.25, 0.3) is 5.91 Å². The van der Waals surface area contributed by atoms with Crippen molar-refractivity contribution in [2.75, 3.05) is 0 Å². The van der Waals surface area contributed by atoms with Crippen LogP contribution in [0.5, 0.6) is 0 Å². The Morgan fingerprint density at radius 3 is 2.29 bits per heavy atom. The summed E-state index contributed by atoms with van der Waals surface area (Å²) in [5.41, 5.74) is 0.969. The lowest BCUT2D eigenvalue weighted by atomic mass is 9.68. The minimum Gasteiger partial charge on any atom is -0.311 e. The summed E-state index contributed by atoms with van der Waals surface area (Å²) in [5.74, 6) is 1.85. The summed E-state index contributed by atoms with van der Waals surface area (Å²) in [6, 6.07) is 0.297. The van der Waals surface area contributed by atoms with Gasteiger partial charge in [-0.25, -0.2) is 0 Å². The van der Waals surface area contributed by atoms with E-state index in [0.29, 0.717) is 12.0 Å². The van der Waals surface area contributed by atoms with Gasteiger partial charge in [-0.15, -0.1) is 0 Å². The number of allylic oxidation sites excluding steroid dienone is 1. The molecule has 4 aliphatic rings. The van der Waals surface area contributed by atoms with Gasteiger partial charge >= 0.3 is 0 Å². The molecule has 4 rings (SSSR count). The van der Waals surface area contributed by atoms with Gasteiger partial charge in [-0.1, -0.05) is 29.8 Å². The number of halogens is 2. The Bertz CT molecular complexity index is 354. The molecule has 2 saturated heterocycles. The average Bonchev–Trinajstić information content (AvgIpc) is 2.40. The van der Waals surface area contributed by atoms with E-state index in [0.717, 1.165) is 30.4 Å². The number of amides is 1. The minimum atomic E-state index is -0.956. The van der Waals surface area contributed by atoms with Crippen LogP contribution in [0.25, 0.3) is 0 Å². The van der Waals surface area contributed by atoms with Gasteiger partial charge in [-0.2, -0.15) is 0 Å². The molecule has 2 heterocycles. The molecule has 0 aromatic carbocycles. The Hall–Kier alpha value is -0.210. The maximum atomic E-state index is 12.1. The number of hydrogen-bond donors (Lipinski definition) is 0. The number of nitrogens with zero attached hydrogens (tertiary/aromatic N) is 1. The molecule has 0 spiro atoms. The predicted octanol–water partition coefficient (Wildman–Crippen LogP) is 3.34. The minimum absolute atomic E-state index is 0.170. The first kappa shape index (κ1) is 11.9. The van der Waals surface area contributed by atoms with E-state index in [4.69, 9.17) is 23.2 Å². The monoisotopic (exact) mass is 273 g/mol. The topological polar surface area (TPSA) is 20.3 Å². The Morgan fingerprint density at radius 2 is 1.76 bits per heavy atom. The molecule has 0 radical (unpaired) electrons. The number of rotatable bonds is 1. The predicted molar refractivity (Wildman–Crippen MR) is 68.8 cm³/mol. The van der Waals surface area contributed by atoms with Gasteiger partial charge in [-0.05, 0) is 49.9 Å². The Morgan fingerprint density at radius 1 is 1.18 bits per heavy atom. The van der Waals surface area contributed by atoms with Gasteiger partial charge in [0.2, 0.25) is 0 Å². The van der Waals surface area contributed by atoms with E-state index in [-0.39, 0.29) is 5.91 Å². The summed E-state index contributed by atoms with van der Waals surface area (Å²) >= 11 is 11.5. The van der Waals surface area contributed by atoms with Crippen molar-refractivity contribution in [1.29, 1.82) is 0 Å². The van der Waals surface area contributed by atoms with E-state index in [9.17, 15) is 4.79 Å². The van der Waals surface area contributed by atoms with Crippen LogP contribution in [0.1, 0.15) is 32.1 Å². The van der Waals surface area contributed by atoms with Crippen LogP contribution in [0.4, 0.5) is 0 Å². The van der Waals surface area contributed by atoms with Crippen molar-refractivity contribution in [1.82, 2.24) is 4.90 Å². The third-order valence-electron chi connectivity index (χ3n) is 4.68. The molecule has 4 fully saturated rings. The van der Waals surface area contributed by atoms with Crippen molar-refractivity contribution in [2.45, 2.75) is 43.0 Å². The van der Waals surface area contributed by atoms with Crippen molar-refractivity contribution in [3.05, 3.63) is 12.3 Å². The van der Waals surface area contributed by atoms with E-state index >= 15 is 0 Å². The molecule has 1 amide bonds. The number of fused-ring (bicyclic) bond motifs is 1. The highest BCUT2D eigenvalue weighted by Crippen LogP contribution is 2.51. The van der Waals surface area contributed by atoms with Crippen molar-refractivity contribution >= 4 is 29.1 Å². The number of carbonyl (C=O) groups excluding carboxylic acids is 1. The fourth-order valence-corrected chi connectivity index (χ4v) is 4.37. The molecule has 94 valence electrons. The summed E-state index contributed by atoms with van der Waals surface area (Å²) in [4.78, 5) is 13.0.